The fourth-order valence-corrected chi connectivity index (χ4v) is 2.12. The molecule has 1 aromatic rings. The van der Waals surface area contributed by atoms with E-state index in [2.05, 4.69) is 10.3 Å². The lowest BCUT2D eigenvalue weighted by molar-refractivity contribution is 0.0235. The van der Waals surface area contributed by atoms with Gasteiger partial charge in [0.2, 0.25) is 0 Å². The van der Waals surface area contributed by atoms with Gasteiger partial charge < -0.3 is 15.2 Å². The van der Waals surface area contributed by atoms with Gasteiger partial charge in [-0.05, 0) is 38.4 Å². The van der Waals surface area contributed by atoms with E-state index in [1.165, 1.54) is 0 Å². The average Bonchev–Trinajstić information content (AvgIpc) is 2.55. The van der Waals surface area contributed by atoms with Gasteiger partial charge in [0, 0.05) is 11.8 Å². The van der Waals surface area contributed by atoms with Gasteiger partial charge in [-0.2, -0.15) is 0 Å². The molecule has 1 fully saturated rings. The highest BCUT2D eigenvalue weighted by molar-refractivity contribution is 5.28. The monoisotopic (exact) mass is 222 g/mol. The van der Waals surface area contributed by atoms with Gasteiger partial charge in [0.25, 0.3) is 0 Å². The molecule has 1 atom stereocenters. The van der Waals surface area contributed by atoms with Gasteiger partial charge in [-0.15, -0.1) is 0 Å². The second kappa shape index (κ2) is 4.80. The van der Waals surface area contributed by atoms with E-state index in [1.54, 1.807) is 19.5 Å². The summed E-state index contributed by atoms with van der Waals surface area (Å²) in [5, 5.41) is 13.9. The fraction of sp³-hybridized carbons (Fsp3) is 0.583. The lowest BCUT2D eigenvalue weighted by Crippen LogP contribution is -2.27. The maximum Gasteiger partial charge on any atom is 0.137 e. The summed E-state index contributed by atoms with van der Waals surface area (Å²) in [6.07, 6.45) is 5.86. The third kappa shape index (κ3) is 2.33. The van der Waals surface area contributed by atoms with E-state index in [1.807, 2.05) is 6.07 Å². The Balaban J connectivity index is 2.25. The molecule has 0 aromatic carbocycles. The quantitative estimate of drug-likeness (QED) is 0.785. The normalized spacial score (nSPS) is 26.1. The molecule has 1 saturated heterocycles. The van der Waals surface area contributed by atoms with Gasteiger partial charge >= 0.3 is 0 Å². The number of nitrogens with one attached hydrogen (secondary N) is 1. The Morgan fingerprint density at radius 1 is 1.38 bits per heavy atom. The second-order valence-electron chi connectivity index (χ2n) is 4.25. The number of hydrogen-bond donors (Lipinski definition) is 2. The van der Waals surface area contributed by atoms with Crippen molar-refractivity contribution in [3.05, 3.63) is 24.0 Å². The minimum absolute atomic E-state index is 0.697. The Morgan fingerprint density at radius 2 is 2.25 bits per heavy atom. The van der Waals surface area contributed by atoms with Crippen LogP contribution in [-0.2, 0) is 5.60 Å². The number of pyridine rings is 1. The van der Waals surface area contributed by atoms with Crippen molar-refractivity contribution in [2.24, 2.45) is 0 Å². The lowest BCUT2D eigenvalue weighted by Gasteiger charge is -2.26. The summed E-state index contributed by atoms with van der Waals surface area (Å²) in [5.41, 5.74) is 0.0981. The average molecular weight is 222 g/mol. The van der Waals surface area contributed by atoms with Crippen LogP contribution in [0.5, 0.6) is 5.75 Å². The molecule has 4 heteroatoms. The number of hydrogen-bond acceptors (Lipinski definition) is 4. The van der Waals surface area contributed by atoms with Gasteiger partial charge in [0.05, 0.1) is 18.9 Å². The van der Waals surface area contributed by atoms with Gasteiger partial charge in [-0.25, -0.2) is 0 Å². The van der Waals surface area contributed by atoms with Crippen molar-refractivity contribution < 1.29 is 9.84 Å². The fourth-order valence-electron chi connectivity index (χ4n) is 2.12. The predicted molar refractivity (Wildman–Crippen MR) is 61.4 cm³/mol. The Hall–Kier alpha value is -1.13. The summed E-state index contributed by atoms with van der Waals surface area (Å²) in [4.78, 5) is 4.10. The molecule has 0 spiro atoms. The first-order chi connectivity index (χ1) is 7.74. The van der Waals surface area contributed by atoms with Crippen LogP contribution in [-0.4, -0.2) is 30.3 Å². The maximum atomic E-state index is 10.6. The van der Waals surface area contributed by atoms with Crippen LogP contribution in [0.3, 0.4) is 0 Å². The van der Waals surface area contributed by atoms with Crippen molar-refractivity contribution in [3.63, 3.8) is 0 Å². The van der Waals surface area contributed by atoms with E-state index in [9.17, 15) is 5.11 Å². The molecule has 1 aromatic heterocycles. The molecule has 1 aliphatic rings. The molecule has 1 unspecified atom stereocenters. The first kappa shape index (κ1) is 11.4. The predicted octanol–water partition coefficient (Wildman–Crippen LogP) is 1.05. The summed E-state index contributed by atoms with van der Waals surface area (Å²) >= 11 is 0. The van der Waals surface area contributed by atoms with Crippen LogP contribution in [0.15, 0.2) is 18.5 Å². The molecule has 0 aliphatic carbocycles. The summed E-state index contributed by atoms with van der Waals surface area (Å²) in [6, 6.07) is 1.87. The molecule has 16 heavy (non-hydrogen) atoms. The molecular weight excluding hydrogens is 204 g/mol. The number of rotatable bonds is 2. The molecule has 0 amide bonds. The Kier molecular flexibility index (Phi) is 3.41. The topological polar surface area (TPSA) is 54.4 Å². The molecule has 4 nitrogen and oxygen atoms in total. The highest BCUT2D eigenvalue weighted by atomic mass is 16.5. The van der Waals surface area contributed by atoms with Gasteiger partial charge in [-0.3, -0.25) is 4.98 Å². The van der Waals surface area contributed by atoms with Crippen molar-refractivity contribution in [2.45, 2.75) is 24.9 Å². The standard InChI is InChI=1S/C12H18N2O2/c1-16-11-7-10(8-14-9-11)12(15)3-2-5-13-6-4-12/h7-9,13,15H,2-6H2,1H3. The first-order valence-electron chi connectivity index (χ1n) is 5.67. The first-order valence-corrected chi connectivity index (χ1v) is 5.67. The zero-order chi connectivity index (χ0) is 11.4. The van der Waals surface area contributed by atoms with Crippen LogP contribution < -0.4 is 10.1 Å². The number of aliphatic hydroxyl groups is 1. The van der Waals surface area contributed by atoms with E-state index in [4.69, 9.17) is 4.74 Å². The molecule has 88 valence electrons. The minimum atomic E-state index is -0.759. The van der Waals surface area contributed by atoms with Crippen LogP contribution >= 0.6 is 0 Å². The zero-order valence-electron chi connectivity index (χ0n) is 9.57. The van der Waals surface area contributed by atoms with Gasteiger partial charge in [0.1, 0.15) is 5.75 Å². The minimum Gasteiger partial charge on any atom is -0.495 e. The molecule has 0 radical (unpaired) electrons. The van der Waals surface area contributed by atoms with E-state index >= 15 is 0 Å². The number of aromatic nitrogens is 1. The third-order valence-corrected chi connectivity index (χ3v) is 3.15. The van der Waals surface area contributed by atoms with Crippen LogP contribution in [0, 0.1) is 0 Å². The lowest BCUT2D eigenvalue weighted by atomic mass is 9.88. The van der Waals surface area contributed by atoms with Crippen molar-refractivity contribution in [1.82, 2.24) is 10.3 Å². The third-order valence-electron chi connectivity index (χ3n) is 3.15. The molecule has 0 bridgehead atoms. The van der Waals surface area contributed by atoms with E-state index in [-0.39, 0.29) is 0 Å². The van der Waals surface area contributed by atoms with Crippen molar-refractivity contribution >= 4 is 0 Å². The highest BCUT2D eigenvalue weighted by Crippen LogP contribution is 2.32. The molecule has 2 N–H and O–H groups in total. The van der Waals surface area contributed by atoms with E-state index < -0.39 is 5.60 Å². The summed E-state index contributed by atoms with van der Waals surface area (Å²) in [6.45, 7) is 1.81. The van der Waals surface area contributed by atoms with Crippen LogP contribution in [0.25, 0.3) is 0 Å². The largest absolute Gasteiger partial charge is 0.495 e. The highest BCUT2D eigenvalue weighted by Gasteiger charge is 2.30. The molecule has 2 rings (SSSR count). The van der Waals surface area contributed by atoms with Crippen LogP contribution in [0.1, 0.15) is 24.8 Å². The zero-order valence-corrected chi connectivity index (χ0v) is 9.57. The molecular formula is C12H18N2O2. The van der Waals surface area contributed by atoms with Crippen molar-refractivity contribution in [3.8, 4) is 5.75 Å². The van der Waals surface area contributed by atoms with Crippen molar-refractivity contribution in [1.29, 1.82) is 0 Å². The Bertz CT molecular complexity index is 347. The van der Waals surface area contributed by atoms with Crippen molar-refractivity contribution in [2.75, 3.05) is 20.2 Å². The molecule has 0 saturated carbocycles. The summed E-state index contributed by atoms with van der Waals surface area (Å²) in [5.74, 6) is 0.697. The van der Waals surface area contributed by atoms with E-state index in [0.717, 1.165) is 37.9 Å². The van der Waals surface area contributed by atoms with Crippen LogP contribution in [0.2, 0.25) is 0 Å². The summed E-state index contributed by atoms with van der Waals surface area (Å²) in [7, 11) is 1.61. The maximum absolute atomic E-state index is 10.6. The Morgan fingerprint density at radius 3 is 3.06 bits per heavy atom. The Labute approximate surface area is 95.7 Å². The second-order valence-corrected chi connectivity index (χ2v) is 4.25. The molecule has 1 aliphatic heterocycles. The summed E-state index contributed by atoms with van der Waals surface area (Å²) < 4.78 is 5.13. The SMILES string of the molecule is COc1cncc(C2(O)CCCNCC2)c1. The van der Waals surface area contributed by atoms with E-state index in [0.29, 0.717) is 5.75 Å². The van der Waals surface area contributed by atoms with Crippen LogP contribution in [0.4, 0.5) is 0 Å². The van der Waals surface area contributed by atoms with Gasteiger partial charge in [-0.1, -0.05) is 0 Å². The number of nitrogens with zero attached hydrogens (tertiary/aromatic N) is 1. The number of ether oxygens (including phenoxy) is 1. The number of methoxy groups -OCH3 is 1. The smallest absolute Gasteiger partial charge is 0.137 e. The molecule has 2 heterocycles. The van der Waals surface area contributed by atoms with Gasteiger partial charge in [0.15, 0.2) is 0 Å².